The fraction of sp³-hybridized carbons (Fsp3) is 0.429. The average Bonchev–Trinajstić information content (AvgIpc) is 3.19. The molecule has 0 radical (unpaired) electrons. The van der Waals surface area contributed by atoms with Crippen molar-refractivity contribution in [3.63, 3.8) is 0 Å². The van der Waals surface area contributed by atoms with Gasteiger partial charge in [0.2, 0.25) is 5.91 Å². The topological polar surface area (TPSA) is 89.2 Å². The molecule has 0 bridgehead atoms. The smallest absolute Gasteiger partial charge is 0.333 e. The van der Waals surface area contributed by atoms with Gasteiger partial charge < -0.3 is 10.2 Å². The first-order valence-electron chi connectivity index (χ1n) is 10.4. The van der Waals surface area contributed by atoms with Gasteiger partial charge in [-0.1, -0.05) is 22.9 Å². The maximum atomic E-state index is 13.3. The molecule has 1 amide bonds. The molecule has 3 heterocycles. The second kappa shape index (κ2) is 9.03. The molecule has 3 aromatic rings. The highest BCUT2D eigenvalue weighted by Gasteiger charge is 2.23. The summed E-state index contributed by atoms with van der Waals surface area (Å²) in [5.41, 5.74) is -0.581. The van der Waals surface area contributed by atoms with E-state index < -0.39 is 23.0 Å². The largest absolute Gasteiger partial charge is 0.348 e. The van der Waals surface area contributed by atoms with Crippen LogP contribution in [0.1, 0.15) is 39.2 Å². The molecular weight excluding hydrogens is 457 g/mol. The molecule has 1 aromatic carbocycles. The van der Waals surface area contributed by atoms with Gasteiger partial charge in [0.1, 0.15) is 17.1 Å². The third-order valence-corrected chi connectivity index (χ3v) is 6.76. The SMILES string of the molecule is CC(C)n1c(=O)c2sc(N3CCCCC3)nc2n(CC(=O)Nc2ccc(F)cc2Cl)c1=O. The summed E-state index contributed by atoms with van der Waals surface area (Å²) in [6.45, 7) is 4.80. The van der Waals surface area contributed by atoms with E-state index in [9.17, 15) is 18.8 Å². The molecule has 1 aliphatic heterocycles. The van der Waals surface area contributed by atoms with E-state index in [1.165, 1.54) is 28.0 Å². The molecule has 0 unspecified atom stereocenters. The minimum atomic E-state index is -0.603. The minimum Gasteiger partial charge on any atom is -0.348 e. The number of benzene rings is 1. The third-order valence-electron chi connectivity index (χ3n) is 5.35. The molecule has 1 aliphatic rings. The van der Waals surface area contributed by atoms with E-state index in [4.69, 9.17) is 11.6 Å². The first-order chi connectivity index (χ1) is 15.3. The van der Waals surface area contributed by atoms with Crippen LogP contribution in [0.2, 0.25) is 5.02 Å². The van der Waals surface area contributed by atoms with Gasteiger partial charge in [0, 0.05) is 19.1 Å². The van der Waals surface area contributed by atoms with E-state index in [0.717, 1.165) is 43.0 Å². The number of amides is 1. The van der Waals surface area contributed by atoms with Gasteiger partial charge in [-0.3, -0.25) is 18.7 Å². The zero-order valence-corrected chi connectivity index (χ0v) is 19.3. The van der Waals surface area contributed by atoms with Crippen LogP contribution in [0.25, 0.3) is 10.3 Å². The summed E-state index contributed by atoms with van der Waals surface area (Å²) in [7, 11) is 0. The molecular formula is C21H23ClFN5O3S. The number of piperidine rings is 1. The average molecular weight is 480 g/mol. The summed E-state index contributed by atoms with van der Waals surface area (Å²) in [6.07, 6.45) is 3.23. The van der Waals surface area contributed by atoms with Crippen molar-refractivity contribution in [1.82, 2.24) is 14.1 Å². The van der Waals surface area contributed by atoms with Crippen molar-refractivity contribution in [2.75, 3.05) is 23.3 Å². The second-order valence-corrected chi connectivity index (χ2v) is 9.39. The molecule has 0 saturated carbocycles. The predicted molar refractivity (Wildman–Crippen MR) is 125 cm³/mol. The van der Waals surface area contributed by atoms with Crippen molar-refractivity contribution in [1.29, 1.82) is 0 Å². The Morgan fingerprint density at radius 1 is 1.25 bits per heavy atom. The van der Waals surface area contributed by atoms with Crippen molar-refractivity contribution >= 4 is 50.0 Å². The van der Waals surface area contributed by atoms with Crippen molar-refractivity contribution < 1.29 is 9.18 Å². The highest BCUT2D eigenvalue weighted by molar-refractivity contribution is 7.22. The monoisotopic (exact) mass is 479 g/mol. The van der Waals surface area contributed by atoms with E-state index in [0.29, 0.717) is 9.83 Å². The van der Waals surface area contributed by atoms with Crippen LogP contribution in [0.4, 0.5) is 15.2 Å². The molecule has 170 valence electrons. The Morgan fingerprint density at radius 3 is 2.62 bits per heavy atom. The highest BCUT2D eigenvalue weighted by atomic mass is 35.5. The fourth-order valence-corrected chi connectivity index (χ4v) is 5.06. The van der Waals surface area contributed by atoms with E-state index in [1.807, 2.05) is 0 Å². The van der Waals surface area contributed by atoms with Gasteiger partial charge >= 0.3 is 5.69 Å². The number of nitrogens with one attached hydrogen (secondary N) is 1. The normalized spacial score (nSPS) is 14.3. The third kappa shape index (κ3) is 4.29. The van der Waals surface area contributed by atoms with Crippen LogP contribution in [-0.2, 0) is 11.3 Å². The molecule has 1 saturated heterocycles. The number of nitrogens with zero attached hydrogens (tertiary/aromatic N) is 4. The second-order valence-electron chi connectivity index (χ2n) is 8.01. The van der Waals surface area contributed by atoms with E-state index in [1.54, 1.807) is 13.8 Å². The predicted octanol–water partition coefficient (Wildman–Crippen LogP) is 3.62. The number of fused-ring (bicyclic) bond motifs is 1. The Balaban J connectivity index is 1.76. The van der Waals surface area contributed by atoms with Crippen LogP contribution >= 0.6 is 22.9 Å². The van der Waals surface area contributed by atoms with Gasteiger partial charge in [0.15, 0.2) is 10.8 Å². The number of hydrogen-bond acceptors (Lipinski definition) is 6. The molecule has 2 aromatic heterocycles. The van der Waals surface area contributed by atoms with Crippen molar-refractivity contribution in [2.24, 2.45) is 0 Å². The molecule has 0 spiro atoms. The number of aromatic nitrogens is 3. The lowest BCUT2D eigenvalue weighted by Crippen LogP contribution is -2.42. The summed E-state index contributed by atoms with van der Waals surface area (Å²) >= 11 is 7.24. The number of rotatable bonds is 5. The quantitative estimate of drug-likeness (QED) is 0.603. The van der Waals surface area contributed by atoms with Crippen molar-refractivity contribution in [3.8, 4) is 0 Å². The van der Waals surface area contributed by atoms with E-state index in [-0.39, 0.29) is 28.9 Å². The first-order valence-corrected chi connectivity index (χ1v) is 11.6. The molecule has 4 rings (SSSR count). The van der Waals surface area contributed by atoms with Crippen molar-refractivity contribution in [3.05, 3.63) is 49.9 Å². The standard InChI is InChI=1S/C21H23ClFN5O3S/c1-12(2)28-19(30)17-18(25-20(32-17)26-8-4-3-5-9-26)27(21(28)31)11-16(29)24-15-7-6-13(23)10-14(15)22/h6-7,10,12H,3-5,8-9,11H2,1-2H3,(H,24,29). The van der Waals surface area contributed by atoms with Gasteiger partial charge in [0.25, 0.3) is 5.56 Å². The molecule has 32 heavy (non-hydrogen) atoms. The molecule has 8 nitrogen and oxygen atoms in total. The number of hydrogen-bond donors (Lipinski definition) is 1. The zero-order chi connectivity index (χ0) is 23.0. The lowest BCUT2D eigenvalue weighted by molar-refractivity contribution is -0.116. The molecule has 1 fully saturated rings. The van der Waals surface area contributed by atoms with Crippen molar-refractivity contribution in [2.45, 2.75) is 45.7 Å². The fourth-order valence-electron chi connectivity index (χ4n) is 3.78. The van der Waals surface area contributed by atoms with Crippen LogP contribution in [-0.4, -0.2) is 33.1 Å². The maximum Gasteiger partial charge on any atom is 0.333 e. The van der Waals surface area contributed by atoms with Crippen LogP contribution in [0.5, 0.6) is 0 Å². The number of carbonyl (C=O) groups is 1. The van der Waals surface area contributed by atoms with Gasteiger partial charge in [-0.05, 0) is 51.3 Å². The minimum absolute atomic E-state index is 0.0454. The van der Waals surface area contributed by atoms with E-state index >= 15 is 0 Å². The summed E-state index contributed by atoms with van der Waals surface area (Å²) in [5.74, 6) is -1.06. The summed E-state index contributed by atoms with van der Waals surface area (Å²) in [5, 5.41) is 3.31. The van der Waals surface area contributed by atoms with Crippen LogP contribution in [0.3, 0.4) is 0 Å². The number of thiazole rings is 1. The first kappa shape index (κ1) is 22.5. The summed E-state index contributed by atoms with van der Waals surface area (Å²) in [4.78, 5) is 45.6. The number of halogens is 2. The Labute approximate surface area is 192 Å². The van der Waals surface area contributed by atoms with Gasteiger partial charge in [-0.15, -0.1) is 0 Å². The Hall–Kier alpha value is -2.72. The number of anilines is 2. The molecule has 0 aliphatic carbocycles. The molecule has 0 atom stereocenters. The molecule has 1 N–H and O–H groups in total. The van der Waals surface area contributed by atoms with Gasteiger partial charge in [-0.25, -0.2) is 14.2 Å². The highest BCUT2D eigenvalue weighted by Crippen LogP contribution is 2.28. The number of carbonyl (C=O) groups excluding carboxylic acids is 1. The Kier molecular flexibility index (Phi) is 6.34. The maximum absolute atomic E-state index is 13.3. The lowest BCUT2D eigenvalue weighted by atomic mass is 10.1. The summed E-state index contributed by atoms with van der Waals surface area (Å²) < 4.78 is 16.0. The van der Waals surface area contributed by atoms with Crippen LogP contribution in [0, 0.1) is 5.82 Å². The Bertz CT molecular complexity index is 1290. The Morgan fingerprint density at radius 2 is 1.97 bits per heavy atom. The van der Waals surface area contributed by atoms with Gasteiger partial charge in [0.05, 0.1) is 10.7 Å². The van der Waals surface area contributed by atoms with Gasteiger partial charge in [-0.2, -0.15) is 0 Å². The summed E-state index contributed by atoms with van der Waals surface area (Å²) in [6, 6.07) is 3.23. The molecule has 11 heteroatoms. The van der Waals surface area contributed by atoms with Crippen LogP contribution in [0.15, 0.2) is 27.8 Å². The van der Waals surface area contributed by atoms with E-state index in [2.05, 4.69) is 15.2 Å². The van der Waals surface area contributed by atoms with Crippen LogP contribution < -0.4 is 21.5 Å². The zero-order valence-electron chi connectivity index (χ0n) is 17.7. The lowest BCUT2D eigenvalue weighted by Gasteiger charge is -2.25.